The molecule has 0 bridgehead atoms. The third-order valence-electron chi connectivity index (χ3n) is 5.58. The van der Waals surface area contributed by atoms with Crippen molar-refractivity contribution in [2.24, 2.45) is 0 Å². The Bertz CT molecular complexity index is 1150. The zero-order chi connectivity index (χ0) is 22.1. The van der Waals surface area contributed by atoms with Crippen molar-refractivity contribution in [1.29, 1.82) is 0 Å². The summed E-state index contributed by atoms with van der Waals surface area (Å²) in [7, 11) is 0. The van der Waals surface area contributed by atoms with Crippen LogP contribution >= 0.6 is 0 Å². The SMILES string of the molecule is Cc1ccc(C(O)=C2C(=O)C(=O)N(c3ccccn3)C2c2ccc(C(C)C)cc2)cc1. The van der Waals surface area contributed by atoms with Gasteiger partial charge in [-0.1, -0.05) is 74.0 Å². The van der Waals surface area contributed by atoms with Gasteiger partial charge in [0.05, 0.1) is 11.6 Å². The monoisotopic (exact) mass is 412 g/mol. The molecule has 4 rings (SSSR count). The molecule has 2 heterocycles. The number of amides is 1. The van der Waals surface area contributed by atoms with E-state index in [1.165, 1.54) is 4.90 Å². The number of nitrogens with zero attached hydrogens (tertiary/aromatic N) is 2. The summed E-state index contributed by atoms with van der Waals surface area (Å²) in [6.07, 6.45) is 1.58. The van der Waals surface area contributed by atoms with Crippen LogP contribution in [0.3, 0.4) is 0 Å². The van der Waals surface area contributed by atoms with E-state index in [-0.39, 0.29) is 11.3 Å². The molecular weight excluding hydrogens is 388 g/mol. The zero-order valence-electron chi connectivity index (χ0n) is 17.7. The number of carbonyl (C=O) groups is 2. The molecule has 0 aliphatic carbocycles. The number of anilines is 1. The Labute approximate surface area is 181 Å². The number of Topliss-reactive ketones (excluding diaryl/α,β-unsaturated/α-hetero) is 1. The van der Waals surface area contributed by atoms with Gasteiger partial charge in [0.25, 0.3) is 5.78 Å². The minimum absolute atomic E-state index is 0.0665. The standard InChI is InChI=1S/C26H24N2O3/c1-16(2)18-11-13-19(14-12-18)23-22(24(29)20-9-7-17(3)8-10-20)25(30)26(31)28(23)21-6-4-5-15-27-21/h4-16,23,29H,1-3H3. The van der Waals surface area contributed by atoms with Gasteiger partial charge in [0.2, 0.25) is 0 Å². The molecule has 3 aromatic rings. The first kappa shape index (κ1) is 20.5. The van der Waals surface area contributed by atoms with Gasteiger partial charge in [0, 0.05) is 11.8 Å². The van der Waals surface area contributed by atoms with Crippen LogP contribution < -0.4 is 4.90 Å². The first-order valence-electron chi connectivity index (χ1n) is 10.3. The van der Waals surface area contributed by atoms with Gasteiger partial charge in [0.1, 0.15) is 11.6 Å². The molecule has 1 aliphatic heterocycles. The van der Waals surface area contributed by atoms with Crippen LogP contribution in [0.5, 0.6) is 0 Å². The first-order chi connectivity index (χ1) is 14.9. The number of hydrogen-bond donors (Lipinski definition) is 1. The van der Waals surface area contributed by atoms with Crippen molar-refractivity contribution in [2.75, 3.05) is 4.90 Å². The summed E-state index contributed by atoms with van der Waals surface area (Å²) < 4.78 is 0. The highest BCUT2D eigenvalue weighted by atomic mass is 16.3. The fourth-order valence-corrected chi connectivity index (χ4v) is 3.81. The van der Waals surface area contributed by atoms with Crippen LogP contribution in [0, 0.1) is 6.92 Å². The molecule has 1 aliphatic rings. The van der Waals surface area contributed by atoms with Crippen LogP contribution in [0.25, 0.3) is 5.76 Å². The molecule has 31 heavy (non-hydrogen) atoms. The Morgan fingerprint density at radius 1 is 0.968 bits per heavy atom. The van der Waals surface area contributed by atoms with Crippen molar-refractivity contribution in [3.8, 4) is 0 Å². The van der Waals surface area contributed by atoms with E-state index in [1.54, 1.807) is 36.5 Å². The molecular formula is C26H24N2O3. The van der Waals surface area contributed by atoms with Crippen molar-refractivity contribution in [2.45, 2.75) is 32.7 Å². The zero-order valence-corrected chi connectivity index (χ0v) is 17.7. The third kappa shape index (κ3) is 3.75. The molecule has 0 radical (unpaired) electrons. The van der Waals surface area contributed by atoms with Crippen LogP contribution in [0.15, 0.2) is 78.5 Å². The fourth-order valence-electron chi connectivity index (χ4n) is 3.81. The molecule has 1 fully saturated rings. The maximum absolute atomic E-state index is 13.1. The Balaban J connectivity index is 1.91. The van der Waals surface area contributed by atoms with Crippen molar-refractivity contribution in [1.82, 2.24) is 4.98 Å². The molecule has 0 spiro atoms. The molecule has 1 amide bonds. The highest BCUT2D eigenvalue weighted by molar-refractivity contribution is 6.51. The van der Waals surface area contributed by atoms with Crippen LogP contribution in [0.1, 0.15) is 48.1 Å². The summed E-state index contributed by atoms with van der Waals surface area (Å²) in [6, 6.07) is 19.4. The van der Waals surface area contributed by atoms with E-state index in [0.29, 0.717) is 17.3 Å². The number of aliphatic hydroxyl groups excluding tert-OH is 1. The summed E-state index contributed by atoms with van der Waals surface area (Å²) >= 11 is 0. The second kappa shape index (κ2) is 8.19. The molecule has 5 heteroatoms. The fraction of sp³-hybridized carbons (Fsp3) is 0.192. The Morgan fingerprint density at radius 2 is 1.65 bits per heavy atom. The first-order valence-corrected chi connectivity index (χ1v) is 10.3. The number of ketones is 1. The molecule has 156 valence electrons. The quantitative estimate of drug-likeness (QED) is 0.366. The Hall–Kier alpha value is -3.73. The van der Waals surface area contributed by atoms with Crippen molar-refractivity contribution in [3.63, 3.8) is 0 Å². The predicted molar refractivity (Wildman–Crippen MR) is 121 cm³/mol. The van der Waals surface area contributed by atoms with Gasteiger partial charge in [-0.3, -0.25) is 14.5 Å². The summed E-state index contributed by atoms with van der Waals surface area (Å²) in [5, 5.41) is 11.1. The van der Waals surface area contributed by atoms with Gasteiger partial charge >= 0.3 is 5.91 Å². The Morgan fingerprint density at radius 3 is 2.23 bits per heavy atom. The van der Waals surface area contributed by atoms with E-state index in [9.17, 15) is 14.7 Å². The number of carbonyl (C=O) groups excluding carboxylic acids is 2. The van der Waals surface area contributed by atoms with Crippen LogP contribution in [0.4, 0.5) is 5.82 Å². The highest BCUT2D eigenvalue weighted by Gasteiger charge is 2.47. The van der Waals surface area contributed by atoms with Crippen molar-refractivity contribution < 1.29 is 14.7 Å². The minimum Gasteiger partial charge on any atom is -0.507 e. The van der Waals surface area contributed by atoms with Crippen LogP contribution in [-0.4, -0.2) is 21.8 Å². The molecule has 1 saturated heterocycles. The number of aromatic nitrogens is 1. The van der Waals surface area contributed by atoms with E-state index in [4.69, 9.17) is 0 Å². The van der Waals surface area contributed by atoms with Gasteiger partial charge in [-0.15, -0.1) is 0 Å². The Kier molecular flexibility index (Phi) is 5.42. The molecule has 1 unspecified atom stereocenters. The highest BCUT2D eigenvalue weighted by Crippen LogP contribution is 2.41. The molecule has 1 N–H and O–H groups in total. The predicted octanol–water partition coefficient (Wildman–Crippen LogP) is 5.14. The number of pyridine rings is 1. The third-order valence-corrected chi connectivity index (χ3v) is 5.58. The van der Waals surface area contributed by atoms with E-state index < -0.39 is 17.7 Å². The van der Waals surface area contributed by atoms with Crippen molar-refractivity contribution >= 4 is 23.3 Å². The second-order valence-electron chi connectivity index (χ2n) is 8.04. The summed E-state index contributed by atoms with van der Waals surface area (Å²) in [6.45, 7) is 6.15. The smallest absolute Gasteiger partial charge is 0.301 e. The molecule has 0 saturated carbocycles. The maximum Gasteiger partial charge on any atom is 0.301 e. The normalized spacial score (nSPS) is 18.1. The topological polar surface area (TPSA) is 70.5 Å². The molecule has 1 aromatic heterocycles. The summed E-state index contributed by atoms with van der Waals surface area (Å²) in [5.74, 6) is -0.893. The average molecular weight is 412 g/mol. The van der Waals surface area contributed by atoms with Gasteiger partial charge < -0.3 is 5.11 Å². The number of hydrogen-bond acceptors (Lipinski definition) is 4. The van der Waals surface area contributed by atoms with Crippen LogP contribution in [0.2, 0.25) is 0 Å². The molecule has 5 nitrogen and oxygen atoms in total. The lowest BCUT2D eigenvalue weighted by Crippen LogP contribution is -2.30. The summed E-state index contributed by atoms with van der Waals surface area (Å²) in [4.78, 5) is 31.8. The lowest BCUT2D eigenvalue weighted by molar-refractivity contribution is -0.132. The number of benzene rings is 2. The minimum atomic E-state index is -0.766. The lowest BCUT2D eigenvalue weighted by atomic mass is 9.93. The average Bonchev–Trinajstić information content (AvgIpc) is 3.05. The van der Waals surface area contributed by atoms with Gasteiger partial charge in [0.15, 0.2) is 0 Å². The second-order valence-corrected chi connectivity index (χ2v) is 8.04. The van der Waals surface area contributed by atoms with E-state index >= 15 is 0 Å². The van der Waals surface area contributed by atoms with Crippen LogP contribution in [-0.2, 0) is 9.59 Å². The van der Waals surface area contributed by atoms with Gasteiger partial charge in [-0.2, -0.15) is 0 Å². The van der Waals surface area contributed by atoms with Gasteiger partial charge in [-0.05, 0) is 36.1 Å². The summed E-state index contributed by atoms with van der Waals surface area (Å²) in [5.41, 5.74) is 3.48. The van der Waals surface area contributed by atoms with E-state index in [0.717, 1.165) is 16.7 Å². The van der Waals surface area contributed by atoms with E-state index in [2.05, 4.69) is 18.8 Å². The molecule has 1 atom stereocenters. The van der Waals surface area contributed by atoms with E-state index in [1.807, 2.05) is 43.3 Å². The largest absolute Gasteiger partial charge is 0.507 e. The van der Waals surface area contributed by atoms with Gasteiger partial charge in [-0.25, -0.2) is 4.98 Å². The molecule has 2 aromatic carbocycles. The number of rotatable bonds is 4. The maximum atomic E-state index is 13.1. The number of aliphatic hydroxyl groups is 1. The lowest BCUT2D eigenvalue weighted by Gasteiger charge is -2.24. The number of aryl methyl sites for hydroxylation is 1. The van der Waals surface area contributed by atoms with Crippen molar-refractivity contribution in [3.05, 3.63) is 101 Å².